The number of nitrogens with two attached hydrogens (primary N) is 1. The molecule has 0 fully saturated rings. The van der Waals surface area contributed by atoms with Crippen LogP contribution in [0.3, 0.4) is 0 Å². The number of benzene rings is 2. The Morgan fingerprint density at radius 3 is 2.62 bits per heavy atom. The van der Waals surface area contributed by atoms with Crippen LogP contribution in [0.2, 0.25) is 0 Å². The van der Waals surface area contributed by atoms with E-state index in [4.69, 9.17) is 15.2 Å². The zero-order chi connectivity index (χ0) is 14.8. The normalized spacial score (nSPS) is 12.8. The Hall–Kier alpha value is -2.69. The number of hydrogen-bond acceptors (Lipinski definition) is 4. The molecule has 1 aliphatic heterocycles. The van der Waals surface area contributed by atoms with Gasteiger partial charge < -0.3 is 20.5 Å². The van der Waals surface area contributed by atoms with E-state index in [1.165, 1.54) is 0 Å². The second kappa shape index (κ2) is 5.36. The Morgan fingerprint density at radius 2 is 1.86 bits per heavy atom. The van der Waals surface area contributed by atoms with Crippen LogP contribution < -0.4 is 20.5 Å². The van der Waals surface area contributed by atoms with Crippen LogP contribution in [0.5, 0.6) is 11.5 Å². The van der Waals surface area contributed by atoms with E-state index in [0.29, 0.717) is 41.7 Å². The van der Waals surface area contributed by atoms with E-state index in [1.54, 1.807) is 30.3 Å². The van der Waals surface area contributed by atoms with Crippen LogP contribution in [-0.4, -0.2) is 19.1 Å². The molecule has 21 heavy (non-hydrogen) atoms. The minimum absolute atomic E-state index is 0.206. The second-order valence-electron chi connectivity index (χ2n) is 4.94. The molecule has 1 aliphatic rings. The average molecular weight is 284 g/mol. The number of ether oxygens (including phenoxy) is 2. The summed E-state index contributed by atoms with van der Waals surface area (Å²) in [6, 6.07) is 10.6. The Labute approximate surface area is 122 Å². The molecule has 3 rings (SSSR count). The van der Waals surface area contributed by atoms with Crippen molar-refractivity contribution in [2.45, 2.75) is 6.92 Å². The van der Waals surface area contributed by atoms with Gasteiger partial charge in [-0.25, -0.2) is 0 Å². The molecule has 0 aliphatic carbocycles. The van der Waals surface area contributed by atoms with E-state index >= 15 is 0 Å². The molecule has 1 heterocycles. The summed E-state index contributed by atoms with van der Waals surface area (Å²) in [5.41, 5.74) is 8.47. The van der Waals surface area contributed by atoms with Gasteiger partial charge in [-0.15, -0.1) is 0 Å². The maximum absolute atomic E-state index is 12.2. The molecular weight excluding hydrogens is 268 g/mol. The average Bonchev–Trinajstić information content (AvgIpc) is 2.46. The van der Waals surface area contributed by atoms with Gasteiger partial charge in [0.25, 0.3) is 5.91 Å². The van der Waals surface area contributed by atoms with Crippen molar-refractivity contribution >= 4 is 17.3 Å². The monoisotopic (exact) mass is 284 g/mol. The molecule has 0 spiro atoms. The zero-order valence-corrected chi connectivity index (χ0v) is 11.7. The third-order valence-electron chi connectivity index (χ3n) is 3.16. The van der Waals surface area contributed by atoms with Crippen molar-refractivity contribution in [3.63, 3.8) is 0 Å². The largest absolute Gasteiger partial charge is 0.486 e. The van der Waals surface area contributed by atoms with Gasteiger partial charge in [-0.3, -0.25) is 4.79 Å². The maximum Gasteiger partial charge on any atom is 0.255 e. The van der Waals surface area contributed by atoms with Gasteiger partial charge >= 0.3 is 0 Å². The number of anilines is 2. The van der Waals surface area contributed by atoms with Crippen molar-refractivity contribution < 1.29 is 14.3 Å². The fourth-order valence-electron chi connectivity index (χ4n) is 2.27. The van der Waals surface area contributed by atoms with E-state index < -0.39 is 0 Å². The van der Waals surface area contributed by atoms with E-state index in [1.807, 2.05) is 13.0 Å². The van der Waals surface area contributed by atoms with Crippen molar-refractivity contribution in [1.29, 1.82) is 0 Å². The Morgan fingerprint density at radius 1 is 1.10 bits per heavy atom. The summed E-state index contributed by atoms with van der Waals surface area (Å²) in [5.74, 6) is 1.13. The van der Waals surface area contributed by atoms with Crippen LogP contribution >= 0.6 is 0 Å². The summed E-state index contributed by atoms with van der Waals surface area (Å²) in [6.07, 6.45) is 0. The molecule has 1 amide bonds. The number of carbonyl (C=O) groups is 1. The van der Waals surface area contributed by atoms with Crippen molar-refractivity contribution in [2.75, 3.05) is 24.3 Å². The van der Waals surface area contributed by atoms with Crippen molar-refractivity contribution in [3.8, 4) is 11.5 Å². The Balaban J connectivity index is 1.81. The minimum Gasteiger partial charge on any atom is -0.486 e. The lowest BCUT2D eigenvalue weighted by Gasteiger charge is -2.19. The molecule has 0 bridgehead atoms. The standard InChI is InChI=1S/C16H16N2O3/c1-10-6-11(8-12(17)7-10)16(19)18-13-2-3-14-15(9-13)21-5-4-20-14/h2-3,6-9H,4-5,17H2,1H3,(H,18,19). The fourth-order valence-corrected chi connectivity index (χ4v) is 2.27. The first kappa shape index (κ1) is 13.3. The first-order valence-corrected chi connectivity index (χ1v) is 6.70. The second-order valence-corrected chi connectivity index (χ2v) is 4.94. The highest BCUT2D eigenvalue weighted by Crippen LogP contribution is 2.32. The van der Waals surface area contributed by atoms with Gasteiger partial charge in [0, 0.05) is 23.0 Å². The lowest BCUT2D eigenvalue weighted by atomic mass is 10.1. The molecule has 0 saturated carbocycles. The highest BCUT2D eigenvalue weighted by Gasteiger charge is 2.13. The molecule has 2 aromatic carbocycles. The van der Waals surface area contributed by atoms with Crippen LogP contribution in [0.25, 0.3) is 0 Å². The molecular formula is C16H16N2O3. The van der Waals surface area contributed by atoms with Gasteiger partial charge in [-0.2, -0.15) is 0 Å². The number of nitrogen functional groups attached to an aromatic ring is 1. The molecule has 0 radical (unpaired) electrons. The molecule has 0 saturated heterocycles. The lowest BCUT2D eigenvalue weighted by molar-refractivity contribution is 0.102. The first-order valence-electron chi connectivity index (χ1n) is 6.70. The van der Waals surface area contributed by atoms with E-state index in [-0.39, 0.29) is 5.91 Å². The van der Waals surface area contributed by atoms with Crippen molar-refractivity contribution in [2.24, 2.45) is 0 Å². The van der Waals surface area contributed by atoms with Gasteiger partial charge in [0.2, 0.25) is 0 Å². The molecule has 0 aromatic heterocycles. The summed E-state index contributed by atoms with van der Waals surface area (Å²) in [5, 5.41) is 2.83. The number of rotatable bonds is 2. The van der Waals surface area contributed by atoms with Gasteiger partial charge in [-0.05, 0) is 42.8 Å². The quantitative estimate of drug-likeness (QED) is 0.831. The van der Waals surface area contributed by atoms with E-state index in [2.05, 4.69) is 5.32 Å². The predicted octanol–water partition coefficient (Wildman–Crippen LogP) is 2.60. The van der Waals surface area contributed by atoms with E-state index in [9.17, 15) is 4.79 Å². The predicted molar refractivity (Wildman–Crippen MR) is 81.0 cm³/mol. The molecule has 5 nitrogen and oxygen atoms in total. The molecule has 0 unspecified atom stereocenters. The van der Waals surface area contributed by atoms with Crippen LogP contribution in [-0.2, 0) is 0 Å². The number of hydrogen-bond donors (Lipinski definition) is 2. The summed E-state index contributed by atoms with van der Waals surface area (Å²) in [7, 11) is 0. The summed E-state index contributed by atoms with van der Waals surface area (Å²) >= 11 is 0. The third kappa shape index (κ3) is 2.91. The topological polar surface area (TPSA) is 73.6 Å². The smallest absolute Gasteiger partial charge is 0.255 e. The third-order valence-corrected chi connectivity index (χ3v) is 3.16. The Kier molecular flexibility index (Phi) is 3.39. The number of nitrogens with one attached hydrogen (secondary N) is 1. The SMILES string of the molecule is Cc1cc(N)cc(C(=O)Nc2ccc3c(c2)OCCO3)c1. The summed E-state index contributed by atoms with van der Waals surface area (Å²) in [4.78, 5) is 12.2. The Bertz CT molecular complexity index is 678. The number of amides is 1. The molecule has 2 aromatic rings. The fraction of sp³-hybridized carbons (Fsp3) is 0.188. The first-order chi connectivity index (χ1) is 10.1. The molecule has 5 heteroatoms. The van der Waals surface area contributed by atoms with Crippen LogP contribution in [0, 0.1) is 6.92 Å². The molecule has 0 atom stereocenters. The van der Waals surface area contributed by atoms with Crippen LogP contribution in [0.15, 0.2) is 36.4 Å². The lowest BCUT2D eigenvalue weighted by Crippen LogP contribution is -2.16. The molecule has 3 N–H and O–H groups in total. The zero-order valence-electron chi connectivity index (χ0n) is 11.7. The van der Waals surface area contributed by atoms with Gasteiger partial charge in [0.1, 0.15) is 13.2 Å². The van der Waals surface area contributed by atoms with Crippen LogP contribution in [0.1, 0.15) is 15.9 Å². The number of aryl methyl sites for hydroxylation is 1. The number of fused-ring (bicyclic) bond motifs is 1. The number of carbonyl (C=O) groups excluding carboxylic acids is 1. The maximum atomic E-state index is 12.2. The van der Waals surface area contributed by atoms with E-state index in [0.717, 1.165) is 5.56 Å². The van der Waals surface area contributed by atoms with Crippen molar-refractivity contribution in [1.82, 2.24) is 0 Å². The highest BCUT2D eigenvalue weighted by atomic mass is 16.6. The van der Waals surface area contributed by atoms with Gasteiger partial charge in [-0.1, -0.05) is 0 Å². The van der Waals surface area contributed by atoms with Gasteiger partial charge in [0.05, 0.1) is 0 Å². The molecule has 108 valence electrons. The summed E-state index contributed by atoms with van der Waals surface area (Å²) < 4.78 is 10.9. The minimum atomic E-state index is -0.206. The highest BCUT2D eigenvalue weighted by molar-refractivity contribution is 6.05. The van der Waals surface area contributed by atoms with Crippen LogP contribution in [0.4, 0.5) is 11.4 Å². The van der Waals surface area contributed by atoms with Gasteiger partial charge in [0.15, 0.2) is 11.5 Å². The van der Waals surface area contributed by atoms with Crippen molar-refractivity contribution in [3.05, 3.63) is 47.5 Å². The summed E-state index contributed by atoms with van der Waals surface area (Å²) in [6.45, 7) is 2.96.